The van der Waals surface area contributed by atoms with Gasteiger partial charge in [-0.15, -0.1) is 0 Å². The van der Waals surface area contributed by atoms with Gasteiger partial charge in [0.15, 0.2) is 6.29 Å². The van der Waals surface area contributed by atoms with E-state index in [9.17, 15) is 14.8 Å². The molecule has 0 atom stereocenters. The maximum absolute atomic E-state index is 11.0. The second-order valence-electron chi connectivity index (χ2n) is 4.03. The Kier molecular flexibility index (Phi) is 4.33. The summed E-state index contributed by atoms with van der Waals surface area (Å²) in [5.41, 5.74) is 1.41. The van der Waals surface area contributed by atoms with Gasteiger partial charge in [-0.1, -0.05) is 42.5 Å². The van der Waals surface area contributed by atoms with Crippen molar-refractivity contribution in [3.63, 3.8) is 0 Å². The molecule has 2 N–H and O–H groups in total. The van der Waals surface area contributed by atoms with Crippen LogP contribution >= 0.6 is 0 Å². The predicted molar refractivity (Wildman–Crippen MR) is 72.4 cm³/mol. The van der Waals surface area contributed by atoms with E-state index < -0.39 is 7.12 Å². The van der Waals surface area contributed by atoms with E-state index in [4.69, 9.17) is 4.74 Å². The van der Waals surface area contributed by atoms with Crippen LogP contribution in [0.3, 0.4) is 0 Å². The molecule has 0 fully saturated rings. The zero-order valence-electron chi connectivity index (χ0n) is 10.2. The van der Waals surface area contributed by atoms with Crippen LogP contribution in [0.4, 0.5) is 0 Å². The maximum atomic E-state index is 11.0. The molecule has 0 aliphatic carbocycles. The Bertz CT molecular complexity index is 555. The molecule has 0 spiro atoms. The van der Waals surface area contributed by atoms with Crippen molar-refractivity contribution in [3.8, 4) is 5.75 Å². The summed E-state index contributed by atoms with van der Waals surface area (Å²) in [6.07, 6.45) is 0.631. The quantitative estimate of drug-likeness (QED) is 0.612. The fourth-order valence-electron chi connectivity index (χ4n) is 1.77. The first-order valence-electron chi connectivity index (χ1n) is 5.83. The minimum absolute atomic E-state index is 0.181. The van der Waals surface area contributed by atoms with E-state index in [0.717, 1.165) is 5.56 Å². The first-order chi connectivity index (χ1) is 9.22. The Morgan fingerprint density at radius 1 is 1.05 bits per heavy atom. The zero-order valence-corrected chi connectivity index (χ0v) is 10.2. The Hall–Kier alpha value is -2.11. The van der Waals surface area contributed by atoms with Gasteiger partial charge in [0.25, 0.3) is 0 Å². The van der Waals surface area contributed by atoms with Gasteiger partial charge in [0, 0.05) is 5.46 Å². The second kappa shape index (κ2) is 6.18. The molecular weight excluding hydrogens is 243 g/mol. The van der Waals surface area contributed by atoms with Gasteiger partial charge in [-0.05, 0) is 11.6 Å². The van der Waals surface area contributed by atoms with E-state index >= 15 is 0 Å². The summed E-state index contributed by atoms with van der Waals surface area (Å²) in [5, 5.41) is 18.6. The summed E-state index contributed by atoms with van der Waals surface area (Å²) in [6, 6.07) is 14.1. The largest absolute Gasteiger partial charge is 0.492 e. The third kappa shape index (κ3) is 3.22. The number of hydrogen-bond acceptors (Lipinski definition) is 4. The molecule has 2 rings (SSSR count). The van der Waals surface area contributed by atoms with E-state index in [0.29, 0.717) is 11.8 Å². The number of carbonyl (C=O) groups excluding carboxylic acids is 1. The maximum Gasteiger partial charge on any atom is 0.492 e. The molecule has 0 saturated heterocycles. The predicted octanol–water partition coefficient (Wildman–Crippen LogP) is 0.758. The van der Waals surface area contributed by atoms with E-state index in [1.54, 1.807) is 12.1 Å². The highest BCUT2D eigenvalue weighted by atomic mass is 16.5. The molecule has 2 aromatic rings. The smallest absolute Gasteiger partial charge is 0.489 e. The molecule has 0 heterocycles. The summed E-state index contributed by atoms with van der Waals surface area (Å²) in [7, 11) is -1.68. The number of carbonyl (C=O) groups is 1. The SMILES string of the molecule is O=Cc1cccc(B(O)O)c1OCc1ccccc1. The second-order valence-corrected chi connectivity index (χ2v) is 4.03. The zero-order chi connectivity index (χ0) is 13.7. The van der Waals surface area contributed by atoms with Gasteiger partial charge < -0.3 is 14.8 Å². The van der Waals surface area contributed by atoms with Crippen LogP contribution in [0.25, 0.3) is 0 Å². The van der Waals surface area contributed by atoms with E-state index in [-0.39, 0.29) is 17.8 Å². The molecule has 0 radical (unpaired) electrons. The minimum Gasteiger partial charge on any atom is -0.489 e. The lowest BCUT2D eigenvalue weighted by Gasteiger charge is -2.13. The molecule has 5 heteroatoms. The lowest BCUT2D eigenvalue weighted by molar-refractivity contribution is 0.111. The highest BCUT2D eigenvalue weighted by Crippen LogP contribution is 2.16. The van der Waals surface area contributed by atoms with Crippen LogP contribution in [-0.2, 0) is 6.61 Å². The molecule has 0 aliphatic heterocycles. The van der Waals surface area contributed by atoms with Crippen molar-refractivity contribution in [1.29, 1.82) is 0 Å². The summed E-state index contributed by atoms with van der Waals surface area (Å²) in [4.78, 5) is 11.0. The van der Waals surface area contributed by atoms with Crippen LogP contribution in [0.5, 0.6) is 5.75 Å². The average Bonchev–Trinajstić information content (AvgIpc) is 2.45. The van der Waals surface area contributed by atoms with Crippen molar-refractivity contribution in [1.82, 2.24) is 0 Å². The summed E-state index contributed by atoms with van der Waals surface area (Å²) < 4.78 is 5.56. The van der Waals surface area contributed by atoms with E-state index in [1.165, 1.54) is 6.07 Å². The molecule has 0 aromatic heterocycles. The van der Waals surface area contributed by atoms with Gasteiger partial charge in [0.05, 0.1) is 5.56 Å². The summed E-state index contributed by atoms with van der Waals surface area (Å²) >= 11 is 0. The molecule has 2 aromatic carbocycles. The van der Waals surface area contributed by atoms with Gasteiger partial charge in [-0.3, -0.25) is 4.79 Å². The van der Waals surface area contributed by atoms with Gasteiger partial charge >= 0.3 is 7.12 Å². The van der Waals surface area contributed by atoms with Crippen molar-refractivity contribution < 1.29 is 19.6 Å². The van der Waals surface area contributed by atoms with Crippen molar-refractivity contribution in [2.24, 2.45) is 0 Å². The van der Waals surface area contributed by atoms with Gasteiger partial charge in [0.2, 0.25) is 0 Å². The molecule has 4 nitrogen and oxygen atoms in total. The lowest BCUT2D eigenvalue weighted by atomic mass is 9.78. The molecule has 19 heavy (non-hydrogen) atoms. The van der Waals surface area contributed by atoms with Crippen LogP contribution in [0, 0.1) is 0 Å². The van der Waals surface area contributed by atoms with Crippen molar-refractivity contribution in [2.45, 2.75) is 6.61 Å². The molecular formula is C14H13BO4. The van der Waals surface area contributed by atoms with Crippen LogP contribution < -0.4 is 10.2 Å². The fourth-order valence-corrected chi connectivity index (χ4v) is 1.77. The number of benzene rings is 2. The lowest BCUT2D eigenvalue weighted by Crippen LogP contribution is -2.32. The molecule has 0 bridgehead atoms. The third-order valence-corrected chi connectivity index (χ3v) is 2.71. The monoisotopic (exact) mass is 256 g/mol. The Balaban J connectivity index is 2.25. The van der Waals surface area contributed by atoms with Crippen molar-refractivity contribution >= 4 is 18.9 Å². The molecule has 0 unspecified atom stereocenters. The van der Waals surface area contributed by atoms with E-state index in [1.807, 2.05) is 30.3 Å². The topological polar surface area (TPSA) is 66.8 Å². The van der Waals surface area contributed by atoms with Gasteiger partial charge in [-0.25, -0.2) is 0 Å². The van der Waals surface area contributed by atoms with Gasteiger partial charge in [0.1, 0.15) is 12.4 Å². The Morgan fingerprint density at radius 3 is 2.42 bits per heavy atom. The normalized spacial score (nSPS) is 10.0. The minimum atomic E-state index is -1.68. The summed E-state index contributed by atoms with van der Waals surface area (Å²) in [6.45, 7) is 0.255. The number of rotatable bonds is 5. The highest BCUT2D eigenvalue weighted by Gasteiger charge is 2.19. The molecule has 0 saturated carbocycles. The number of ether oxygens (including phenoxy) is 1. The number of hydrogen-bond donors (Lipinski definition) is 2. The van der Waals surface area contributed by atoms with E-state index in [2.05, 4.69) is 0 Å². The van der Waals surface area contributed by atoms with Crippen LogP contribution in [0.15, 0.2) is 48.5 Å². The molecule has 0 aliphatic rings. The van der Waals surface area contributed by atoms with Crippen LogP contribution in [0.2, 0.25) is 0 Å². The van der Waals surface area contributed by atoms with Gasteiger partial charge in [-0.2, -0.15) is 0 Å². The van der Waals surface area contributed by atoms with Crippen molar-refractivity contribution in [2.75, 3.05) is 0 Å². The third-order valence-electron chi connectivity index (χ3n) is 2.71. The Morgan fingerprint density at radius 2 is 1.79 bits per heavy atom. The Labute approximate surface area is 111 Å². The van der Waals surface area contributed by atoms with Crippen molar-refractivity contribution in [3.05, 3.63) is 59.7 Å². The first-order valence-corrected chi connectivity index (χ1v) is 5.83. The first kappa shape index (κ1) is 13.3. The molecule has 96 valence electrons. The van der Waals surface area contributed by atoms with Crippen LogP contribution in [0.1, 0.15) is 15.9 Å². The number of para-hydroxylation sites is 1. The highest BCUT2D eigenvalue weighted by molar-refractivity contribution is 6.59. The fraction of sp³-hybridized carbons (Fsp3) is 0.0714. The standard InChI is InChI=1S/C14H13BO4/c16-9-12-7-4-8-13(15(17)18)14(12)19-10-11-5-2-1-3-6-11/h1-9,17-18H,10H2. The van der Waals surface area contributed by atoms with Crippen LogP contribution in [-0.4, -0.2) is 23.5 Å². The number of aldehydes is 1. The summed E-state index contributed by atoms with van der Waals surface area (Å²) in [5.74, 6) is 0.205. The molecule has 0 amide bonds. The average molecular weight is 256 g/mol.